The Balaban J connectivity index is 1.45. The molecular formula is C17H16ClN3O3S. The first-order chi connectivity index (χ1) is 12.0. The van der Waals surface area contributed by atoms with Crippen LogP contribution in [0.1, 0.15) is 24.2 Å². The van der Waals surface area contributed by atoms with Gasteiger partial charge in [0.25, 0.3) is 5.91 Å². The fraction of sp³-hybridized carbons (Fsp3) is 0.235. The standard InChI is InChI=1S/C17H16ClN3O3S/c1-11(12-2-4-13(18)5-3-12)19-15(22)10-24-16(23)8-14-9-21-6-7-25-17(21)20-14/h2-7,9,11H,8,10H2,1H3,(H,19,22)/t11-/m0/s1. The Morgan fingerprint density at radius 3 is 2.84 bits per heavy atom. The van der Waals surface area contributed by atoms with Crippen LogP contribution in [-0.4, -0.2) is 27.9 Å². The van der Waals surface area contributed by atoms with Crippen molar-refractivity contribution >= 4 is 39.8 Å². The van der Waals surface area contributed by atoms with Gasteiger partial charge in [0.15, 0.2) is 11.6 Å². The average Bonchev–Trinajstić information content (AvgIpc) is 3.15. The van der Waals surface area contributed by atoms with E-state index in [1.54, 1.807) is 18.3 Å². The molecule has 0 saturated carbocycles. The number of esters is 1. The highest BCUT2D eigenvalue weighted by atomic mass is 35.5. The van der Waals surface area contributed by atoms with Gasteiger partial charge in [-0.3, -0.25) is 14.0 Å². The molecule has 6 nitrogen and oxygen atoms in total. The van der Waals surface area contributed by atoms with Gasteiger partial charge < -0.3 is 10.1 Å². The van der Waals surface area contributed by atoms with Crippen molar-refractivity contribution in [1.82, 2.24) is 14.7 Å². The van der Waals surface area contributed by atoms with Gasteiger partial charge in [-0.25, -0.2) is 4.98 Å². The maximum atomic E-state index is 11.9. The number of aromatic nitrogens is 2. The Hall–Kier alpha value is -2.38. The van der Waals surface area contributed by atoms with Gasteiger partial charge in [0.2, 0.25) is 0 Å². The molecule has 8 heteroatoms. The Labute approximate surface area is 153 Å². The van der Waals surface area contributed by atoms with E-state index in [2.05, 4.69) is 10.3 Å². The molecule has 1 amide bonds. The number of fused-ring (bicyclic) bond motifs is 1. The van der Waals surface area contributed by atoms with E-state index < -0.39 is 5.97 Å². The minimum absolute atomic E-state index is 0.0361. The fourth-order valence-corrected chi connectivity index (χ4v) is 3.17. The summed E-state index contributed by atoms with van der Waals surface area (Å²) < 4.78 is 6.86. The molecule has 130 valence electrons. The van der Waals surface area contributed by atoms with Gasteiger partial charge in [0, 0.05) is 22.8 Å². The zero-order valence-corrected chi connectivity index (χ0v) is 15.0. The second-order valence-corrected chi connectivity index (χ2v) is 6.81. The van der Waals surface area contributed by atoms with Crippen molar-refractivity contribution in [2.45, 2.75) is 19.4 Å². The fourth-order valence-electron chi connectivity index (χ4n) is 2.32. The summed E-state index contributed by atoms with van der Waals surface area (Å²) in [7, 11) is 0. The molecule has 25 heavy (non-hydrogen) atoms. The van der Waals surface area contributed by atoms with Gasteiger partial charge in [0.05, 0.1) is 18.2 Å². The molecule has 1 N–H and O–H groups in total. The highest BCUT2D eigenvalue weighted by Gasteiger charge is 2.14. The summed E-state index contributed by atoms with van der Waals surface area (Å²) in [6.07, 6.45) is 3.68. The SMILES string of the molecule is C[C@H](NC(=O)COC(=O)Cc1cn2ccsc2n1)c1ccc(Cl)cc1. The van der Waals surface area contributed by atoms with Crippen molar-refractivity contribution in [3.8, 4) is 0 Å². The zero-order valence-electron chi connectivity index (χ0n) is 13.4. The summed E-state index contributed by atoms with van der Waals surface area (Å²) in [5.74, 6) is -0.846. The molecular weight excluding hydrogens is 362 g/mol. The van der Waals surface area contributed by atoms with Crippen LogP contribution in [0.5, 0.6) is 0 Å². The Kier molecular flexibility index (Phi) is 5.35. The minimum Gasteiger partial charge on any atom is -0.455 e. The predicted molar refractivity (Wildman–Crippen MR) is 95.7 cm³/mol. The number of amides is 1. The van der Waals surface area contributed by atoms with Crippen molar-refractivity contribution in [2.75, 3.05) is 6.61 Å². The number of benzene rings is 1. The number of nitrogens with one attached hydrogen (secondary N) is 1. The molecule has 0 saturated heterocycles. The number of nitrogens with zero attached hydrogens (tertiary/aromatic N) is 2. The molecule has 3 rings (SSSR count). The summed E-state index contributed by atoms with van der Waals surface area (Å²) >= 11 is 7.33. The predicted octanol–water partition coefficient (Wildman–Crippen LogP) is 3.01. The van der Waals surface area contributed by atoms with Gasteiger partial charge >= 0.3 is 5.97 Å². The number of hydrogen-bond acceptors (Lipinski definition) is 5. The lowest BCUT2D eigenvalue weighted by Crippen LogP contribution is -2.31. The lowest BCUT2D eigenvalue weighted by molar-refractivity contribution is -0.148. The number of halogens is 1. The Morgan fingerprint density at radius 2 is 2.12 bits per heavy atom. The summed E-state index contributed by atoms with van der Waals surface area (Å²) in [6, 6.07) is 6.99. The van der Waals surface area contributed by atoms with E-state index in [0.717, 1.165) is 10.5 Å². The van der Waals surface area contributed by atoms with Crippen LogP contribution >= 0.6 is 22.9 Å². The average molecular weight is 378 g/mol. The van der Waals surface area contributed by atoms with Crippen LogP contribution in [0, 0.1) is 0 Å². The maximum Gasteiger partial charge on any atom is 0.312 e. The first-order valence-corrected chi connectivity index (χ1v) is 8.88. The van der Waals surface area contributed by atoms with Gasteiger partial charge in [-0.15, -0.1) is 11.3 Å². The van der Waals surface area contributed by atoms with Crippen molar-refractivity contribution in [2.24, 2.45) is 0 Å². The largest absolute Gasteiger partial charge is 0.455 e. The molecule has 0 aliphatic carbocycles. The molecule has 0 radical (unpaired) electrons. The maximum absolute atomic E-state index is 11.9. The van der Waals surface area contributed by atoms with E-state index in [-0.39, 0.29) is 25.0 Å². The smallest absolute Gasteiger partial charge is 0.312 e. The van der Waals surface area contributed by atoms with Gasteiger partial charge in [-0.2, -0.15) is 0 Å². The number of thiazole rings is 1. The van der Waals surface area contributed by atoms with Crippen LogP contribution < -0.4 is 5.32 Å². The Morgan fingerprint density at radius 1 is 1.36 bits per heavy atom. The van der Waals surface area contributed by atoms with E-state index in [1.165, 1.54) is 11.3 Å². The van der Waals surface area contributed by atoms with Crippen LogP contribution in [0.4, 0.5) is 0 Å². The molecule has 2 heterocycles. The number of hydrogen-bond donors (Lipinski definition) is 1. The second kappa shape index (κ2) is 7.67. The molecule has 0 fully saturated rings. The van der Waals surface area contributed by atoms with E-state index in [9.17, 15) is 9.59 Å². The first kappa shape index (κ1) is 17.4. The summed E-state index contributed by atoms with van der Waals surface area (Å²) in [4.78, 5) is 28.9. The molecule has 3 aromatic rings. The van der Waals surface area contributed by atoms with E-state index in [1.807, 2.05) is 35.0 Å². The van der Waals surface area contributed by atoms with Gasteiger partial charge in [-0.05, 0) is 24.6 Å². The Bertz CT molecular complexity index is 860. The molecule has 0 aliphatic heterocycles. The number of rotatable bonds is 6. The van der Waals surface area contributed by atoms with Crippen molar-refractivity contribution < 1.29 is 14.3 Å². The zero-order chi connectivity index (χ0) is 17.8. The van der Waals surface area contributed by atoms with E-state index >= 15 is 0 Å². The lowest BCUT2D eigenvalue weighted by atomic mass is 10.1. The summed E-state index contributed by atoms with van der Waals surface area (Å²) in [6.45, 7) is 1.53. The highest BCUT2D eigenvalue weighted by molar-refractivity contribution is 7.15. The van der Waals surface area contributed by atoms with E-state index in [4.69, 9.17) is 16.3 Å². The molecule has 0 unspecified atom stereocenters. The second-order valence-electron chi connectivity index (χ2n) is 5.50. The van der Waals surface area contributed by atoms with Crippen molar-refractivity contribution in [3.05, 3.63) is 58.3 Å². The number of carbonyl (C=O) groups excluding carboxylic acids is 2. The van der Waals surface area contributed by atoms with Crippen LogP contribution in [0.25, 0.3) is 4.96 Å². The van der Waals surface area contributed by atoms with Crippen LogP contribution in [-0.2, 0) is 20.7 Å². The molecule has 2 aromatic heterocycles. The third kappa shape index (κ3) is 4.58. The molecule has 0 spiro atoms. The molecule has 0 bridgehead atoms. The van der Waals surface area contributed by atoms with Gasteiger partial charge in [-0.1, -0.05) is 23.7 Å². The number of carbonyl (C=O) groups is 2. The highest BCUT2D eigenvalue weighted by Crippen LogP contribution is 2.16. The van der Waals surface area contributed by atoms with Crippen molar-refractivity contribution in [1.29, 1.82) is 0 Å². The van der Waals surface area contributed by atoms with Crippen molar-refractivity contribution in [3.63, 3.8) is 0 Å². The number of imidazole rings is 1. The van der Waals surface area contributed by atoms with Crippen LogP contribution in [0.2, 0.25) is 5.02 Å². The first-order valence-electron chi connectivity index (χ1n) is 7.63. The van der Waals surface area contributed by atoms with Crippen LogP contribution in [0.3, 0.4) is 0 Å². The minimum atomic E-state index is -0.486. The molecule has 1 atom stereocenters. The lowest BCUT2D eigenvalue weighted by Gasteiger charge is -2.14. The number of ether oxygens (including phenoxy) is 1. The monoisotopic (exact) mass is 377 g/mol. The van der Waals surface area contributed by atoms with Gasteiger partial charge in [0.1, 0.15) is 0 Å². The third-order valence-electron chi connectivity index (χ3n) is 3.58. The third-order valence-corrected chi connectivity index (χ3v) is 4.60. The summed E-state index contributed by atoms with van der Waals surface area (Å²) in [5, 5.41) is 5.32. The van der Waals surface area contributed by atoms with E-state index in [0.29, 0.717) is 10.7 Å². The molecule has 0 aliphatic rings. The van der Waals surface area contributed by atoms with Crippen LogP contribution in [0.15, 0.2) is 42.0 Å². The topological polar surface area (TPSA) is 72.7 Å². The quantitative estimate of drug-likeness (QED) is 0.670. The normalized spacial score (nSPS) is 12.1. The molecule has 1 aromatic carbocycles. The summed E-state index contributed by atoms with van der Waals surface area (Å²) in [5.41, 5.74) is 1.54.